The number of aromatic nitrogens is 1. The van der Waals surface area contributed by atoms with Gasteiger partial charge in [0, 0.05) is 14.1 Å². The average molecular weight is 236 g/mol. The van der Waals surface area contributed by atoms with Crippen LogP contribution in [0.2, 0.25) is 0 Å². The van der Waals surface area contributed by atoms with Crippen LogP contribution in [0.25, 0.3) is 0 Å². The summed E-state index contributed by atoms with van der Waals surface area (Å²) in [5.41, 5.74) is 1.49. The van der Waals surface area contributed by atoms with E-state index in [2.05, 4.69) is 29.3 Å². The van der Waals surface area contributed by atoms with Crippen LogP contribution in [-0.4, -0.2) is 29.7 Å². The first-order chi connectivity index (χ1) is 7.54. The lowest BCUT2D eigenvalue weighted by Crippen LogP contribution is -2.06. The monoisotopic (exact) mass is 236 g/mol. The molecule has 0 saturated heterocycles. The van der Waals surface area contributed by atoms with Crippen molar-refractivity contribution in [3.8, 4) is 6.07 Å². The Balaban J connectivity index is 2.96. The minimum absolute atomic E-state index is 0.500. The van der Waals surface area contributed by atoms with E-state index in [1.807, 2.05) is 19.0 Å². The Hall–Kier alpha value is -1.41. The molecule has 16 heavy (non-hydrogen) atoms. The van der Waals surface area contributed by atoms with Gasteiger partial charge in [-0.1, -0.05) is 13.8 Å². The van der Waals surface area contributed by atoms with Crippen LogP contribution in [0.4, 0.5) is 5.00 Å². The SMILES string of the molecule is CC(C)Cc1nsc(/N=C/N(C)C)c1C#N. The number of aliphatic imine (C=N–C) groups is 1. The Morgan fingerprint density at radius 3 is 2.75 bits per heavy atom. The predicted octanol–water partition coefficient (Wildman–Crippen LogP) is 2.43. The molecule has 86 valence electrons. The quantitative estimate of drug-likeness (QED) is 0.596. The number of nitriles is 1. The first kappa shape index (κ1) is 12.7. The second-order valence-corrected chi connectivity index (χ2v) is 4.98. The van der Waals surface area contributed by atoms with Crippen LogP contribution in [0.3, 0.4) is 0 Å². The largest absolute Gasteiger partial charge is 0.369 e. The van der Waals surface area contributed by atoms with E-state index < -0.39 is 0 Å². The topological polar surface area (TPSA) is 52.3 Å². The van der Waals surface area contributed by atoms with E-state index in [-0.39, 0.29) is 0 Å². The van der Waals surface area contributed by atoms with Gasteiger partial charge in [-0.25, -0.2) is 4.99 Å². The minimum atomic E-state index is 0.500. The van der Waals surface area contributed by atoms with Gasteiger partial charge in [0.15, 0.2) is 5.00 Å². The van der Waals surface area contributed by atoms with Crippen molar-refractivity contribution < 1.29 is 0 Å². The van der Waals surface area contributed by atoms with Gasteiger partial charge >= 0.3 is 0 Å². The molecule has 1 rings (SSSR count). The van der Waals surface area contributed by atoms with Gasteiger partial charge in [0.2, 0.25) is 0 Å². The van der Waals surface area contributed by atoms with Gasteiger partial charge in [0.05, 0.1) is 12.0 Å². The summed E-state index contributed by atoms with van der Waals surface area (Å²) in [7, 11) is 3.79. The minimum Gasteiger partial charge on any atom is -0.369 e. The summed E-state index contributed by atoms with van der Waals surface area (Å²) in [5.74, 6) is 0.500. The Kier molecular flexibility index (Phi) is 4.44. The lowest BCUT2D eigenvalue weighted by atomic mass is 10.1. The van der Waals surface area contributed by atoms with Crippen LogP contribution in [0.5, 0.6) is 0 Å². The summed E-state index contributed by atoms with van der Waals surface area (Å²) in [5, 5.41) is 9.80. The fourth-order valence-corrected chi connectivity index (χ4v) is 1.92. The molecule has 1 heterocycles. The van der Waals surface area contributed by atoms with Gasteiger partial charge in [-0.2, -0.15) is 9.64 Å². The fraction of sp³-hybridized carbons (Fsp3) is 0.545. The van der Waals surface area contributed by atoms with E-state index in [0.717, 1.165) is 12.1 Å². The molecular weight excluding hydrogens is 220 g/mol. The molecule has 1 aromatic heterocycles. The maximum Gasteiger partial charge on any atom is 0.155 e. The standard InChI is InChI=1S/C11H16N4S/c1-8(2)5-10-9(6-12)11(16-14-10)13-7-15(3)4/h7-8H,5H2,1-4H3/b13-7+. The molecule has 0 aromatic carbocycles. The van der Waals surface area contributed by atoms with Crippen LogP contribution in [-0.2, 0) is 6.42 Å². The molecule has 0 N–H and O–H groups in total. The normalized spacial score (nSPS) is 11.0. The maximum absolute atomic E-state index is 9.10. The molecule has 0 aliphatic heterocycles. The van der Waals surface area contributed by atoms with Gasteiger partial charge in [-0.05, 0) is 23.9 Å². The molecule has 1 aromatic rings. The summed E-state index contributed by atoms with van der Waals surface area (Å²) >= 11 is 1.29. The lowest BCUT2D eigenvalue weighted by Gasteiger charge is -2.01. The van der Waals surface area contributed by atoms with Gasteiger partial charge in [-0.3, -0.25) is 0 Å². The summed E-state index contributed by atoms with van der Waals surface area (Å²) in [6.45, 7) is 4.23. The van der Waals surface area contributed by atoms with Crippen molar-refractivity contribution in [3.05, 3.63) is 11.3 Å². The lowest BCUT2D eigenvalue weighted by molar-refractivity contribution is 0.638. The highest BCUT2D eigenvalue weighted by Gasteiger charge is 2.13. The molecule has 4 nitrogen and oxygen atoms in total. The molecule has 0 amide bonds. The Bertz CT molecular complexity index is 412. The van der Waals surface area contributed by atoms with E-state index >= 15 is 0 Å². The highest BCUT2D eigenvalue weighted by Crippen LogP contribution is 2.28. The molecule has 0 aliphatic rings. The van der Waals surface area contributed by atoms with E-state index in [9.17, 15) is 0 Å². The van der Waals surface area contributed by atoms with Crippen molar-refractivity contribution in [1.29, 1.82) is 5.26 Å². The second kappa shape index (κ2) is 5.61. The van der Waals surface area contributed by atoms with E-state index in [0.29, 0.717) is 16.5 Å². The first-order valence-electron chi connectivity index (χ1n) is 5.13. The van der Waals surface area contributed by atoms with Crippen LogP contribution in [0, 0.1) is 17.2 Å². The molecule has 0 spiro atoms. The molecule has 5 heteroatoms. The van der Waals surface area contributed by atoms with Crippen LogP contribution in [0.15, 0.2) is 4.99 Å². The number of hydrogen-bond acceptors (Lipinski definition) is 4. The maximum atomic E-state index is 9.10. The zero-order valence-corrected chi connectivity index (χ0v) is 10.9. The van der Waals surface area contributed by atoms with Crippen molar-refractivity contribution >= 4 is 22.9 Å². The zero-order valence-electron chi connectivity index (χ0n) is 10.1. The molecular formula is C11H16N4S. The molecule has 0 bridgehead atoms. The van der Waals surface area contributed by atoms with Crippen molar-refractivity contribution in [3.63, 3.8) is 0 Å². The van der Waals surface area contributed by atoms with E-state index in [1.54, 1.807) is 6.34 Å². The third-order valence-electron chi connectivity index (χ3n) is 1.86. The van der Waals surface area contributed by atoms with Crippen molar-refractivity contribution in [2.45, 2.75) is 20.3 Å². The second-order valence-electron chi connectivity index (χ2n) is 4.23. The van der Waals surface area contributed by atoms with Gasteiger partial charge in [0.25, 0.3) is 0 Å². The molecule has 0 atom stereocenters. The third-order valence-corrected chi connectivity index (χ3v) is 2.66. The van der Waals surface area contributed by atoms with Crippen LogP contribution in [0.1, 0.15) is 25.1 Å². The number of hydrogen-bond donors (Lipinski definition) is 0. The van der Waals surface area contributed by atoms with E-state index in [1.165, 1.54) is 11.5 Å². The van der Waals surface area contributed by atoms with Crippen molar-refractivity contribution in [1.82, 2.24) is 9.27 Å². The Morgan fingerprint density at radius 2 is 2.25 bits per heavy atom. The van der Waals surface area contributed by atoms with Gasteiger partial charge in [0.1, 0.15) is 11.6 Å². The molecule has 0 unspecified atom stereocenters. The molecule has 0 fully saturated rings. The smallest absolute Gasteiger partial charge is 0.155 e. The van der Waals surface area contributed by atoms with Crippen molar-refractivity contribution in [2.24, 2.45) is 10.9 Å². The summed E-state index contributed by atoms with van der Waals surface area (Å²) in [4.78, 5) is 6.08. The van der Waals surface area contributed by atoms with Crippen LogP contribution >= 0.6 is 11.5 Å². The third kappa shape index (κ3) is 3.31. The molecule has 0 radical (unpaired) electrons. The summed E-state index contributed by atoms with van der Waals surface area (Å²) in [6, 6.07) is 2.19. The highest BCUT2D eigenvalue weighted by molar-refractivity contribution is 7.10. The molecule has 0 aliphatic carbocycles. The van der Waals surface area contributed by atoms with Crippen LogP contribution < -0.4 is 0 Å². The summed E-state index contributed by atoms with van der Waals surface area (Å²) < 4.78 is 4.29. The number of rotatable bonds is 4. The average Bonchev–Trinajstić information content (AvgIpc) is 2.56. The zero-order chi connectivity index (χ0) is 12.1. The Labute approximate surface area is 100 Å². The Morgan fingerprint density at radius 1 is 1.56 bits per heavy atom. The first-order valence-corrected chi connectivity index (χ1v) is 5.91. The van der Waals surface area contributed by atoms with E-state index in [4.69, 9.17) is 5.26 Å². The van der Waals surface area contributed by atoms with Gasteiger partial charge in [-0.15, -0.1) is 0 Å². The number of nitrogens with zero attached hydrogens (tertiary/aromatic N) is 4. The van der Waals surface area contributed by atoms with Crippen molar-refractivity contribution in [2.75, 3.05) is 14.1 Å². The molecule has 0 saturated carbocycles. The highest BCUT2D eigenvalue weighted by atomic mass is 32.1. The predicted molar refractivity (Wildman–Crippen MR) is 67.2 cm³/mol. The van der Waals surface area contributed by atoms with Gasteiger partial charge < -0.3 is 4.90 Å². The summed E-state index contributed by atoms with van der Waals surface area (Å²) in [6.07, 6.45) is 2.52. The fourth-order valence-electron chi connectivity index (χ4n) is 1.21.